The third kappa shape index (κ3) is 7.06. The highest BCUT2D eigenvalue weighted by Crippen LogP contribution is 2.23. The Labute approximate surface area is 152 Å². The standard InChI is InChI=1S/C19H22O7/c1-2-3-4-5-6-7-8-9-10-11-14(12-20)25-19-18(24)17(23)16(22)15(13-21)26-19/h14-24H,10-13H2,1H3/t14-,15+,16+,17-,18+,19-/m1/s1. The molecular formula is C19H22O7. The fourth-order valence-corrected chi connectivity index (χ4v) is 2.10. The molecule has 1 aliphatic rings. The first-order valence-corrected chi connectivity index (χ1v) is 8.01. The highest BCUT2D eigenvalue weighted by atomic mass is 16.7. The van der Waals surface area contributed by atoms with Crippen molar-refractivity contribution in [3.05, 3.63) is 0 Å². The summed E-state index contributed by atoms with van der Waals surface area (Å²) in [5, 5.41) is 47.8. The Balaban J connectivity index is 2.52. The molecule has 0 saturated carbocycles. The van der Waals surface area contributed by atoms with Gasteiger partial charge >= 0.3 is 0 Å². The first-order valence-electron chi connectivity index (χ1n) is 8.01. The molecule has 140 valence electrons. The normalized spacial score (nSPS) is 28.0. The Morgan fingerprint density at radius 1 is 0.923 bits per heavy atom. The molecule has 6 atom stereocenters. The van der Waals surface area contributed by atoms with Gasteiger partial charge in [0.2, 0.25) is 0 Å². The summed E-state index contributed by atoms with van der Waals surface area (Å²) in [4.78, 5) is 0. The van der Waals surface area contributed by atoms with Crippen molar-refractivity contribution in [1.29, 1.82) is 0 Å². The maximum atomic E-state index is 9.90. The van der Waals surface area contributed by atoms with Crippen LogP contribution in [0.5, 0.6) is 0 Å². The second-order valence-electron chi connectivity index (χ2n) is 5.35. The monoisotopic (exact) mass is 362 g/mol. The molecule has 0 amide bonds. The Kier molecular flexibility index (Phi) is 10.4. The molecule has 0 radical (unpaired) electrons. The molecule has 0 aromatic carbocycles. The van der Waals surface area contributed by atoms with Crippen LogP contribution in [0.3, 0.4) is 0 Å². The minimum atomic E-state index is -1.53. The summed E-state index contributed by atoms with van der Waals surface area (Å²) < 4.78 is 10.7. The summed E-state index contributed by atoms with van der Waals surface area (Å²) in [5.41, 5.74) is 0. The lowest BCUT2D eigenvalue weighted by Crippen LogP contribution is -2.59. The number of rotatable bonds is 6. The van der Waals surface area contributed by atoms with Crippen molar-refractivity contribution in [1.82, 2.24) is 0 Å². The molecule has 0 unspecified atom stereocenters. The summed E-state index contributed by atoms with van der Waals surface area (Å²) in [6.07, 6.45) is -6.87. The van der Waals surface area contributed by atoms with Crippen LogP contribution in [0.4, 0.5) is 0 Å². The van der Waals surface area contributed by atoms with Gasteiger partial charge in [0, 0.05) is 6.42 Å². The van der Waals surface area contributed by atoms with Gasteiger partial charge in [-0.3, -0.25) is 0 Å². The van der Waals surface area contributed by atoms with Gasteiger partial charge in [0.05, 0.1) is 19.3 Å². The van der Waals surface area contributed by atoms with Crippen molar-refractivity contribution < 1.29 is 35.0 Å². The third-order valence-corrected chi connectivity index (χ3v) is 3.50. The van der Waals surface area contributed by atoms with Gasteiger partial charge in [-0.2, -0.15) is 0 Å². The molecule has 7 heteroatoms. The molecule has 0 spiro atoms. The molecule has 0 aromatic heterocycles. The van der Waals surface area contributed by atoms with Crippen molar-refractivity contribution in [2.24, 2.45) is 0 Å². The summed E-state index contributed by atoms with van der Waals surface area (Å²) in [5.74, 6) is 20.6. The summed E-state index contributed by atoms with van der Waals surface area (Å²) in [6.45, 7) is 0.765. The van der Waals surface area contributed by atoms with Crippen LogP contribution < -0.4 is 0 Å². The van der Waals surface area contributed by atoms with E-state index in [2.05, 4.69) is 47.4 Å². The van der Waals surface area contributed by atoms with Crippen LogP contribution in [0.1, 0.15) is 19.8 Å². The fraction of sp³-hybridized carbons (Fsp3) is 0.579. The van der Waals surface area contributed by atoms with E-state index in [0.717, 1.165) is 0 Å². The number of ether oxygens (including phenoxy) is 2. The van der Waals surface area contributed by atoms with Gasteiger partial charge in [0.1, 0.15) is 24.4 Å². The molecule has 1 heterocycles. The quantitative estimate of drug-likeness (QED) is 0.346. The third-order valence-electron chi connectivity index (χ3n) is 3.50. The second kappa shape index (κ2) is 12.3. The molecule has 26 heavy (non-hydrogen) atoms. The zero-order valence-electron chi connectivity index (χ0n) is 14.3. The van der Waals surface area contributed by atoms with Crippen LogP contribution in [0.2, 0.25) is 0 Å². The van der Waals surface area contributed by atoms with E-state index < -0.39 is 43.4 Å². The first kappa shape index (κ1) is 22.0. The number of aliphatic hydroxyl groups is 5. The van der Waals surface area contributed by atoms with Gasteiger partial charge in [0.25, 0.3) is 0 Å². The van der Waals surface area contributed by atoms with Crippen molar-refractivity contribution in [2.75, 3.05) is 13.2 Å². The summed E-state index contributed by atoms with van der Waals surface area (Å²) in [6, 6.07) is 0. The van der Waals surface area contributed by atoms with E-state index in [1.165, 1.54) is 0 Å². The second-order valence-corrected chi connectivity index (χ2v) is 5.35. The average Bonchev–Trinajstić information content (AvgIpc) is 2.65. The van der Waals surface area contributed by atoms with Gasteiger partial charge in [-0.1, -0.05) is 11.8 Å². The number of hydrogen-bond donors (Lipinski definition) is 5. The Morgan fingerprint density at radius 3 is 2.19 bits per heavy atom. The van der Waals surface area contributed by atoms with E-state index in [-0.39, 0.29) is 6.61 Å². The Bertz CT molecular complexity index is 672. The SMILES string of the molecule is CC#CC#CC#CC#CCC[C@H](CO)O[C@@H]1O[C@@H](CO)[C@H](O)[C@@H](O)[C@@H]1O. The molecule has 0 bridgehead atoms. The minimum Gasteiger partial charge on any atom is -0.394 e. The largest absolute Gasteiger partial charge is 0.394 e. The Morgan fingerprint density at radius 2 is 1.58 bits per heavy atom. The first-order chi connectivity index (χ1) is 12.5. The fourth-order valence-electron chi connectivity index (χ4n) is 2.10. The van der Waals surface area contributed by atoms with Crippen LogP contribution in [-0.4, -0.2) is 75.6 Å². The van der Waals surface area contributed by atoms with E-state index in [4.69, 9.17) is 14.6 Å². The number of aliphatic hydroxyl groups excluding tert-OH is 5. The van der Waals surface area contributed by atoms with Gasteiger partial charge in [0.15, 0.2) is 6.29 Å². The van der Waals surface area contributed by atoms with Gasteiger partial charge in [-0.05, 0) is 48.9 Å². The molecule has 1 fully saturated rings. The lowest BCUT2D eigenvalue weighted by Gasteiger charge is -2.40. The van der Waals surface area contributed by atoms with Crippen LogP contribution in [-0.2, 0) is 9.47 Å². The molecule has 1 rings (SSSR count). The zero-order valence-corrected chi connectivity index (χ0v) is 14.3. The minimum absolute atomic E-state index is 0.327. The maximum absolute atomic E-state index is 9.90. The predicted molar refractivity (Wildman–Crippen MR) is 91.7 cm³/mol. The van der Waals surface area contributed by atoms with E-state index in [1.54, 1.807) is 6.92 Å². The van der Waals surface area contributed by atoms with E-state index >= 15 is 0 Å². The van der Waals surface area contributed by atoms with Crippen LogP contribution >= 0.6 is 0 Å². The maximum Gasteiger partial charge on any atom is 0.187 e. The zero-order chi connectivity index (χ0) is 19.4. The van der Waals surface area contributed by atoms with Crippen molar-refractivity contribution in [3.8, 4) is 47.4 Å². The van der Waals surface area contributed by atoms with E-state index in [1.807, 2.05) is 0 Å². The van der Waals surface area contributed by atoms with Gasteiger partial charge < -0.3 is 35.0 Å². The van der Waals surface area contributed by atoms with Crippen molar-refractivity contribution >= 4 is 0 Å². The van der Waals surface area contributed by atoms with E-state index in [9.17, 15) is 20.4 Å². The molecule has 7 nitrogen and oxygen atoms in total. The lowest BCUT2D eigenvalue weighted by atomic mass is 9.99. The predicted octanol–water partition coefficient (Wildman–Crippen LogP) is -2.02. The summed E-state index contributed by atoms with van der Waals surface area (Å²) >= 11 is 0. The molecule has 5 N–H and O–H groups in total. The van der Waals surface area contributed by atoms with Crippen LogP contribution in [0.25, 0.3) is 0 Å². The smallest absolute Gasteiger partial charge is 0.187 e. The lowest BCUT2D eigenvalue weighted by molar-refractivity contribution is -0.313. The van der Waals surface area contributed by atoms with Crippen molar-refractivity contribution in [3.63, 3.8) is 0 Å². The average molecular weight is 362 g/mol. The highest BCUT2D eigenvalue weighted by molar-refractivity contribution is 5.39. The molecule has 0 aromatic rings. The Hall–Kier alpha value is -2.04. The summed E-state index contributed by atoms with van der Waals surface area (Å²) in [7, 11) is 0. The number of hydrogen-bond acceptors (Lipinski definition) is 7. The van der Waals surface area contributed by atoms with Crippen LogP contribution in [0.15, 0.2) is 0 Å². The molecular weight excluding hydrogens is 340 g/mol. The van der Waals surface area contributed by atoms with Crippen molar-refractivity contribution in [2.45, 2.75) is 56.6 Å². The van der Waals surface area contributed by atoms with Crippen LogP contribution in [0, 0.1) is 47.4 Å². The highest BCUT2D eigenvalue weighted by Gasteiger charge is 2.44. The van der Waals surface area contributed by atoms with Gasteiger partial charge in [-0.15, -0.1) is 0 Å². The molecule has 1 saturated heterocycles. The van der Waals surface area contributed by atoms with E-state index in [0.29, 0.717) is 12.8 Å². The molecule has 0 aliphatic carbocycles. The topological polar surface area (TPSA) is 120 Å². The molecule has 1 aliphatic heterocycles. The van der Waals surface area contributed by atoms with Gasteiger partial charge in [-0.25, -0.2) is 0 Å².